The SMILES string of the molecule is CC(=O)NC(CC(=O)N1CC(O)C1)c1ccc(Cl)cc1. The number of nitrogens with zero attached hydrogens (tertiary/aromatic N) is 1. The Labute approximate surface area is 122 Å². The molecule has 1 unspecified atom stereocenters. The molecule has 5 nitrogen and oxygen atoms in total. The van der Waals surface area contributed by atoms with Crippen molar-refractivity contribution in [2.75, 3.05) is 13.1 Å². The van der Waals surface area contributed by atoms with E-state index in [2.05, 4.69) is 5.32 Å². The number of hydrogen-bond donors (Lipinski definition) is 2. The van der Waals surface area contributed by atoms with E-state index in [1.165, 1.54) is 6.92 Å². The van der Waals surface area contributed by atoms with Crippen LogP contribution in [0.2, 0.25) is 5.02 Å². The maximum absolute atomic E-state index is 12.0. The Morgan fingerprint density at radius 3 is 2.50 bits per heavy atom. The maximum Gasteiger partial charge on any atom is 0.225 e. The largest absolute Gasteiger partial charge is 0.389 e. The Balaban J connectivity index is 2.05. The van der Waals surface area contributed by atoms with Crippen molar-refractivity contribution in [1.82, 2.24) is 10.2 Å². The fourth-order valence-corrected chi connectivity index (χ4v) is 2.28. The number of likely N-dealkylation sites (tertiary alicyclic amines) is 1. The summed E-state index contributed by atoms with van der Waals surface area (Å²) in [6.07, 6.45) is -0.248. The van der Waals surface area contributed by atoms with Gasteiger partial charge in [0.1, 0.15) is 0 Å². The molecule has 1 atom stereocenters. The molecule has 0 spiro atoms. The number of hydrogen-bond acceptors (Lipinski definition) is 3. The molecular formula is C14H17ClN2O3. The summed E-state index contributed by atoms with van der Waals surface area (Å²) in [5.74, 6) is -0.273. The van der Waals surface area contributed by atoms with Crippen molar-refractivity contribution in [2.45, 2.75) is 25.5 Å². The second kappa shape index (κ2) is 6.24. The van der Waals surface area contributed by atoms with Gasteiger partial charge >= 0.3 is 0 Å². The van der Waals surface area contributed by atoms with Crippen LogP contribution in [0.3, 0.4) is 0 Å². The Morgan fingerprint density at radius 1 is 1.40 bits per heavy atom. The third-order valence-electron chi connectivity index (χ3n) is 3.24. The molecule has 108 valence electrons. The molecule has 1 aliphatic heterocycles. The van der Waals surface area contributed by atoms with Crippen molar-refractivity contribution in [3.63, 3.8) is 0 Å². The normalized spacial score (nSPS) is 16.4. The van der Waals surface area contributed by atoms with Crippen molar-refractivity contribution in [3.05, 3.63) is 34.9 Å². The molecule has 20 heavy (non-hydrogen) atoms. The number of carbonyl (C=O) groups is 2. The predicted octanol–water partition coefficient (Wildman–Crippen LogP) is 1.11. The third kappa shape index (κ3) is 3.71. The van der Waals surface area contributed by atoms with Gasteiger partial charge in [0.2, 0.25) is 11.8 Å². The van der Waals surface area contributed by atoms with Crippen LogP contribution in [0, 0.1) is 0 Å². The van der Waals surface area contributed by atoms with Crippen molar-refractivity contribution < 1.29 is 14.7 Å². The van der Waals surface area contributed by atoms with E-state index in [1.807, 2.05) is 0 Å². The minimum absolute atomic E-state index is 0.0796. The summed E-state index contributed by atoms with van der Waals surface area (Å²) in [5, 5.41) is 12.6. The molecule has 2 rings (SSSR count). The van der Waals surface area contributed by atoms with Gasteiger partial charge in [-0.05, 0) is 17.7 Å². The van der Waals surface area contributed by atoms with Crippen LogP contribution >= 0.6 is 11.6 Å². The zero-order valence-corrected chi connectivity index (χ0v) is 11.9. The Morgan fingerprint density at radius 2 is 2.00 bits per heavy atom. The van der Waals surface area contributed by atoms with Gasteiger partial charge in [0.15, 0.2) is 0 Å². The average Bonchev–Trinajstić information content (AvgIpc) is 2.34. The summed E-state index contributed by atoms with van der Waals surface area (Å²) in [4.78, 5) is 24.9. The first-order valence-electron chi connectivity index (χ1n) is 6.44. The Hall–Kier alpha value is -1.59. The van der Waals surface area contributed by atoms with E-state index in [1.54, 1.807) is 29.2 Å². The van der Waals surface area contributed by atoms with Crippen LogP contribution in [0.5, 0.6) is 0 Å². The van der Waals surface area contributed by atoms with Crippen LogP contribution in [0.1, 0.15) is 24.9 Å². The van der Waals surface area contributed by atoms with Crippen molar-refractivity contribution in [1.29, 1.82) is 0 Å². The van der Waals surface area contributed by atoms with Gasteiger partial charge in [0.05, 0.1) is 18.6 Å². The van der Waals surface area contributed by atoms with Crippen molar-refractivity contribution >= 4 is 23.4 Å². The molecule has 0 radical (unpaired) electrons. The molecule has 1 saturated heterocycles. The van der Waals surface area contributed by atoms with E-state index in [0.29, 0.717) is 18.1 Å². The zero-order valence-electron chi connectivity index (χ0n) is 11.2. The van der Waals surface area contributed by atoms with Crippen LogP contribution in [0.15, 0.2) is 24.3 Å². The molecule has 1 heterocycles. The quantitative estimate of drug-likeness (QED) is 0.874. The van der Waals surface area contributed by atoms with Crippen LogP contribution in [-0.4, -0.2) is 41.0 Å². The number of aliphatic hydroxyl groups excluding tert-OH is 1. The number of amides is 2. The van der Waals surface area contributed by atoms with Crippen LogP contribution in [0.25, 0.3) is 0 Å². The number of benzene rings is 1. The van der Waals surface area contributed by atoms with E-state index >= 15 is 0 Å². The molecule has 0 saturated carbocycles. The summed E-state index contributed by atoms with van der Waals surface area (Å²) in [6.45, 7) is 2.15. The monoisotopic (exact) mass is 296 g/mol. The van der Waals surface area contributed by atoms with E-state index in [9.17, 15) is 14.7 Å². The Kier molecular flexibility index (Phi) is 4.62. The fraction of sp³-hybridized carbons (Fsp3) is 0.429. The first-order chi connectivity index (χ1) is 9.45. The average molecular weight is 297 g/mol. The second-order valence-corrected chi connectivity index (χ2v) is 5.40. The smallest absolute Gasteiger partial charge is 0.225 e. The topological polar surface area (TPSA) is 69.6 Å². The van der Waals surface area contributed by atoms with E-state index in [-0.39, 0.29) is 24.3 Å². The van der Waals surface area contributed by atoms with Gasteiger partial charge in [0, 0.05) is 25.0 Å². The highest BCUT2D eigenvalue weighted by molar-refractivity contribution is 6.30. The van der Waals surface area contributed by atoms with Crippen LogP contribution < -0.4 is 5.32 Å². The highest BCUT2D eigenvalue weighted by Gasteiger charge is 2.30. The molecule has 1 aromatic carbocycles. The fourth-order valence-electron chi connectivity index (χ4n) is 2.16. The lowest BCUT2D eigenvalue weighted by molar-refractivity contribution is -0.142. The van der Waals surface area contributed by atoms with Gasteiger partial charge in [-0.2, -0.15) is 0 Å². The summed E-state index contributed by atoms with van der Waals surface area (Å²) in [6, 6.07) is 6.66. The second-order valence-electron chi connectivity index (χ2n) is 4.96. The van der Waals surface area contributed by atoms with Gasteiger partial charge in [-0.1, -0.05) is 23.7 Å². The number of halogens is 1. The van der Waals surface area contributed by atoms with Crippen molar-refractivity contribution in [2.24, 2.45) is 0 Å². The van der Waals surface area contributed by atoms with Gasteiger partial charge in [-0.25, -0.2) is 0 Å². The molecule has 2 N–H and O–H groups in total. The van der Waals surface area contributed by atoms with Crippen LogP contribution in [0.4, 0.5) is 0 Å². The molecule has 6 heteroatoms. The molecular weight excluding hydrogens is 280 g/mol. The lowest BCUT2D eigenvalue weighted by Crippen LogP contribution is -2.54. The summed E-state index contributed by atoms with van der Waals surface area (Å²) in [7, 11) is 0. The van der Waals surface area contributed by atoms with E-state index in [0.717, 1.165) is 5.56 Å². The molecule has 0 bridgehead atoms. The number of rotatable bonds is 4. The molecule has 0 aliphatic carbocycles. The van der Waals surface area contributed by atoms with Gasteiger partial charge in [-0.3, -0.25) is 9.59 Å². The third-order valence-corrected chi connectivity index (χ3v) is 3.50. The van der Waals surface area contributed by atoms with Gasteiger partial charge in [0.25, 0.3) is 0 Å². The zero-order chi connectivity index (χ0) is 14.7. The summed E-state index contributed by atoms with van der Waals surface area (Å²) in [5.41, 5.74) is 0.832. The lowest BCUT2D eigenvalue weighted by atomic mass is 10.0. The van der Waals surface area contributed by atoms with E-state index in [4.69, 9.17) is 11.6 Å². The first-order valence-corrected chi connectivity index (χ1v) is 6.82. The van der Waals surface area contributed by atoms with Crippen LogP contribution in [-0.2, 0) is 9.59 Å². The highest BCUT2D eigenvalue weighted by atomic mass is 35.5. The lowest BCUT2D eigenvalue weighted by Gasteiger charge is -2.36. The standard InChI is InChI=1S/C14H17ClN2O3/c1-9(18)16-13(10-2-4-11(15)5-3-10)6-14(20)17-7-12(19)8-17/h2-5,12-13,19H,6-8H2,1H3,(H,16,18). The Bertz CT molecular complexity index is 498. The predicted molar refractivity (Wildman–Crippen MR) is 75.2 cm³/mol. The van der Waals surface area contributed by atoms with Gasteiger partial charge < -0.3 is 15.3 Å². The first kappa shape index (κ1) is 14.8. The molecule has 2 amide bonds. The minimum atomic E-state index is -0.423. The summed E-state index contributed by atoms with van der Waals surface area (Å²) >= 11 is 5.84. The minimum Gasteiger partial charge on any atom is -0.389 e. The molecule has 1 aromatic rings. The maximum atomic E-state index is 12.0. The van der Waals surface area contributed by atoms with Gasteiger partial charge in [-0.15, -0.1) is 0 Å². The number of carbonyl (C=O) groups excluding carboxylic acids is 2. The highest BCUT2D eigenvalue weighted by Crippen LogP contribution is 2.22. The molecule has 1 fully saturated rings. The van der Waals surface area contributed by atoms with Crippen molar-refractivity contribution in [3.8, 4) is 0 Å². The van der Waals surface area contributed by atoms with E-state index < -0.39 is 6.10 Å². The number of aliphatic hydroxyl groups is 1. The molecule has 1 aliphatic rings. The summed E-state index contributed by atoms with van der Waals surface area (Å²) < 4.78 is 0. The number of β-amino-alcohol motifs (C(OH)–C–C–N with tert-alkyl or cyclic N) is 1. The molecule has 0 aromatic heterocycles. The number of nitrogens with one attached hydrogen (secondary N) is 1.